The zero-order chi connectivity index (χ0) is 19.0. The number of carbonyl (C=O) groups excluding carboxylic acids is 1. The van der Waals surface area contributed by atoms with Crippen molar-refractivity contribution < 1.29 is 4.79 Å². The number of aromatic nitrogens is 4. The first-order valence-corrected chi connectivity index (χ1v) is 8.54. The van der Waals surface area contributed by atoms with Crippen LogP contribution in [0.15, 0.2) is 52.1 Å². The summed E-state index contributed by atoms with van der Waals surface area (Å²) in [6.45, 7) is 0.619. The predicted molar refractivity (Wildman–Crippen MR) is 98.2 cm³/mol. The van der Waals surface area contributed by atoms with Gasteiger partial charge >= 0.3 is 0 Å². The first-order chi connectivity index (χ1) is 13.0. The highest BCUT2D eigenvalue weighted by atomic mass is 16.2. The molecule has 0 saturated carbocycles. The SMILES string of the molecule is Cn1nc(C(=O)N2CCc3c(nc(-c4ccccc4)[nH]c3=O)C2)ccc1=O. The van der Waals surface area contributed by atoms with E-state index in [1.54, 1.807) is 4.90 Å². The van der Waals surface area contributed by atoms with Crippen molar-refractivity contribution in [2.24, 2.45) is 7.05 Å². The fourth-order valence-corrected chi connectivity index (χ4v) is 3.12. The van der Waals surface area contributed by atoms with Crippen molar-refractivity contribution in [3.05, 3.63) is 80.1 Å². The van der Waals surface area contributed by atoms with E-state index < -0.39 is 0 Å². The summed E-state index contributed by atoms with van der Waals surface area (Å²) in [4.78, 5) is 45.6. The molecule has 0 unspecified atom stereocenters. The molecule has 0 saturated heterocycles. The van der Waals surface area contributed by atoms with Gasteiger partial charge in [0.1, 0.15) is 11.5 Å². The Labute approximate surface area is 154 Å². The fourth-order valence-electron chi connectivity index (χ4n) is 3.12. The number of nitrogens with one attached hydrogen (secondary N) is 1. The molecule has 1 amide bonds. The van der Waals surface area contributed by atoms with Gasteiger partial charge in [0.15, 0.2) is 0 Å². The van der Waals surface area contributed by atoms with Gasteiger partial charge in [-0.25, -0.2) is 9.67 Å². The van der Waals surface area contributed by atoms with Crippen molar-refractivity contribution in [3.63, 3.8) is 0 Å². The Morgan fingerprint density at radius 2 is 1.89 bits per heavy atom. The number of hydrogen-bond donors (Lipinski definition) is 1. The van der Waals surface area contributed by atoms with Crippen LogP contribution in [-0.2, 0) is 20.0 Å². The number of H-pyrrole nitrogens is 1. The Morgan fingerprint density at radius 1 is 1.11 bits per heavy atom. The summed E-state index contributed by atoms with van der Waals surface area (Å²) in [6.07, 6.45) is 0.421. The van der Waals surface area contributed by atoms with Crippen LogP contribution in [0.5, 0.6) is 0 Å². The monoisotopic (exact) mass is 363 g/mol. The number of hydrogen-bond acceptors (Lipinski definition) is 5. The first-order valence-electron chi connectivity index (χ1n) is 8.54. The van der Waals surface area contributed by atoms with Gasteiger partial charge in [-0.15, -0.1) is 0 Å². The zero-order valence-electron chi connectivity index (χ0n) is 14.7. The molecule has 0 spiro atoms. The van der Waals surface area contributed by atoms with Gasteiger partial charge in [0.05, 0.1) is 12.2 Å². The van der Waals surface area contributed by atoms with Crippen LogP contribution in [0, 0.1) is 0 Å². The summed E-state index contributed by atoms with van der Waals surface area (Å²) in [6, 6.07) is 12.1. The lowest BCUT2D eigenvalue weighted by atomic mass is 10.1. The average molecular weight is 363 g/mol. The lowest BCUT2D eigenvalue weighted by Crippen LogP contribution is -2.40. The molecule has 136 valence electrons. The number of aryl methyl sites for hydroxylation is 1. The summed E-state index contributed by atoms with van der Waals surface area (Å²) >= 11 is 0. The van der Waals surface area contributed by atoms with Gasteiger partial charge in [0.2, 0.25) is 0 Å². The molecular weight excluding hydrogens is 346 g/mol. The van der Waals surface area contributed by atoms with Gasteiger partial charge in [0.25, 0.3) is 17.0 Å². The van der Waals surface area contributed by atoms with E-state index >= 15 is 0 Å². The van der Waals surface area contributed by atoms with Crippen molar-refractivity contribution in [2.75, 3.05) is 6.54 Å². The second-order valence-corrected chi connectivity index (χ2v) is 6.36. The van der Waals surface area contributed by atoms with Gasteiger partial charge in [0, 0.05) is 30.8 Å². The second kappa shape index (κ2) is 6.64. The van der Waals surface area contributed by atoms with Crippen LogP contribution >= 0.6 is 0 Å². The molecule has 8 heteroatoms. The Bertz CT molecular complexity index is 1130. The van der Waals surface area contributed by atoms with E-state index in [9.17, 15) is 14.4 Å². The second-order valence-electron chi connectivity index (χ2n) is 6.36. The molecular formula is C19H17N5O3. The maximum absolute atomic E-state index is 12.7. The Morgan fingerprint density at radius 3 is 2.63 bits per heavy atom. The minimum absolute atomic E-state index is 0.175. The summed E-state index contributed by atoms with van der Waals surface area (Å²) in [5, 5.41) is 4.01. The lowest BCUT2D eigenvalue weighted by molar-refractivity contribution is 0.0722. The highest BCUT2D eigenvalue weighted by Gasteiger charge is 2.26. The number of aromatic amines is 1. The van der Waals surface area contributed by atoms with Gasteiger partial charge < -0.3 is 9.88 Å². The van der Waals surface area contributed by atoms with Crippen LogP contribution in [0.4, 0.5) is 0 Å². The molecule has 1 aliphatic heterocycles. The highest BCUT2D eigenvalue weighted by Crippen LogP contribution is 2.19. The summed E-state index contributed by atoms with van der Waals surface area (Å²) in [5.74, 6) is 0.188. The van der Waals surface area contributed by atoms with Crippen molar-refractivity contribution >= 4 is 5.91 Å². The van der Waals surface area contributed by atoms with Crippen molar-refractivity contribution in [3.8, 4) is 11.4 Å². The first kappa shape index (κ1) is 16.9. The van der Waals surface area contributed by atoms with E-state index in [0.717, 1.165) is 10.2 Å². The molecule has 0 radical (unpaired) electrons. The molecule has 8 nitrogen and oxygen atoms in total. The van der Waals surface area contributed by atoms with E-state index in [0.29, 0.717) is 30.0 Å². The lowest BCUT2D eigenvalue weighted by Gasteiger charge is -2.27. The van der Waals surface area contributed by atoms with Crippen LogP contribution in [-0.4, -0.2) is 37.1 Å². The molecule has 0 fully saturated rings. The van der Waals surface area contributed by atoms with Crippen LogP contribution in [0.2, 0.25) is 0 Å². The zero-order valence-corrected chi connectivity index (χ0v) is 14.7. The molecule has 2 aromatic heterocycles. The fraction of sp³-hybridized carbons (Fsp3) is 0.211. The van der Waals surface area contributed by atoms with E-state index in [4.69, 9.17) is 0 Å². The van der Waals surface area contributed by atoms with E-state index in [1.807, 2.05) is 30.3 Å². The summed E-state index contributed by atoms with van der Waals surface area (Å²) in [7, 11) is 1.50. The molecule has 0 atom stereocenters. The number of rotatable bonds is 2. The molecule has 27 heavy (non-hydrogen) atoms. The van der Waals surface area contributed by atoms with E-state index in [-0.39, 0.29) is 29.3 Å². The molecule has 3 heterocycles. The third-order valence-corrected chi connectivity index (χ3v) is 4.59. The van der Waals surface area contributed by atoms with Crippen LogP contribution in [0.1, 0.15) is 21.7 Å². The van der Waals surface area contributed by atoms with Crippen LogP contribution in [0.25, 0.3) is 11.4 Å². The molecule has 0 bridgehead atoms. The smallest absolute Gasteiger partial charge is 0.274 e. The normalized spacial score (nSPS) is 13.3. The molecule has 1 aliphatic rings. The Balaban J connectivity index is 1.67. The van der Waals surface area contributed by atoms with Crippen LogP contribution in [0.3, 0.4) is 0 Å². The number of carbonyl (C=O) groups is 1. The maximum Gasteiger partial charge on any atom is 0.274 e. The van der Waals surface area contributed by atoms with Crippen molar-refractivity contribution in [1.82, 2.24) is 24.6 Å². The minimum atomic E-state index is -0.292. The Kier molecular flexibility index (Phi) is 4.15. The van der Waals surface area contributed by atoms with Crippen molar-refractivity contribution in [1.29, 1.82) is 0 Å². The van der Waals surface area contributed by atoms with Gasteiger partial charge in [-0.1, -0.05) is 30.3 Å². The third kappa shape index (κ3) is 3.17. The number of benzene rings is 1. The van der Waals surface area contributed by atoms with Crippen molar-refractivity contribution in [2.45, 2.75) is 13.0 Å². The van der Waals surface area contributed by atoms with Gasteiger partial charge in [-0.3, -0.25) is 14.4 Å². The quantitative estimate of drug-likeness (QED) is 0.723. The molecule has 1 aromatic carbocycles. The predicted octanol–water partition coefficient (Wildman–Crippen LogP) is 0.729. The highest BCUT2D eigenvalue weighted by molar-refractivity contribution is 5.92. The van der Waals surface area contributed by atoms with E-state index in [2.05, 4.69) is 15.1 Å². The van der Waals surface area contributed by atoms with Crippen LogP contribution < -0.4 is 11.1 Å². The topological polar surface area (TPSA) is 101 Å². The average Bonchev–Trinajstić information content (AvgIpc) is 2.69. The maximum atomic E-state index is 12.7. The standard InChI is InChI=1S/C19H17N5O3/c1-23-16(25)8-7-14(22-23)19(27)24-10-9-13-15(11-24)20-17(21-18(13)26)12-5-3-2-4-6-12/h2-8H,9-11H2,1H3,(H,20,21,26). The molecule has 0 aliphatic carbocycles. The molecule has 1 N–H and O–H groups in total. The number of amides is 1. The largest absolute Gasteiger partial charge is 0.331 e. The summed E-state index contributed by atoms with van der Waals surface area (Å²) < 4.78 is 1.13. The van der Waals surface area contributed by atoms with Gasteiger partial charge in [-0.05, 0) is 12.5 Å². The number of fused-ring (bicyclic) bond motifs is 1. The van der Waals surface area contributed by atoms with Gasteiger partial charge in [-0.2, -0.15) is 5.10 Å². The Hall–Kier alpha value is -3.55. The molecule has 3 aromatic rings. The number of nitrogens with zero attached hydrogens (tertiary/aromatic N) is 4. The molecule has 4 rings (SSSR count). The minimum Gasteiger partial charge on any atom is -0.331 e. The van der Waals surface area contributed by atoms with E-state index in [1.165, 1.54) is 19.2 Å². The summed E-state index contributed by atoms with van der Waals surface area (Å²) in [5.41, 5.74) is 1.73. The third-order valence-electron chi connectivity index (χ3n) is 4.59.